The number of aromatic nitrogens is 3. The van der Waals surface area contributed by atoms with Crippen LogP contribution in [0.5, 0.6) is 0 Å². The number of benzene rings is 1. The molecular formula is C19H22N4O. The predicted molar refractivity (Wildman–Crippen MR) is 94.9 cm³/mol. The van der Waals surface area contributed by atoms with Gasteiger partial charge >= 0.3 is 0 Å². The van der Waals surface area contributed by atoms with Gasteiger partial charge in [-0.25, -0.2) is 9.50 Å². The highest BCUT2D eigenvalue weighted by Gasteiger charge is 2.24. The number of hydrogen-bond acceptors (Lipinski definition) is 3. The normalized spacial score (nSPS) is 11.4. The third kappa shape index (κ3) is 2.77. The van der Waals surface area contributed by atoms with Crippen molar-refractivity contribution in [3.05, 3.63) is 54.4 Å². The summed E-state index contributed by atoms with van der Waals surface area (Å²) in [6, 6.07) is 11.7. The molecular weight excluding hydrogens is 300 g/mol. The molecule has 24 heavy (non-hydrogen) atoms. The zero-order chi connectivity index (χ0) is 17.3. The Bertz CT molecular complexity index is 858. The first-order valence-corrected chi connectivity index (χ1v) is 8.21. The second kappa shape index (κ2) is 6.43. The maximum atomic E-state index is 13.2. The number of fused-ring (bicyclic) bond motifs is 1. The Morgan fingerprint density at radius 3 is 2.46 bits per heavy atom. The summed E-state index contributed by atoms with van der Waals surface area (Å²) < 4.78 is 1.77. The molecule has 0 aliphatic rings. The largest absolute Gasteiger partial charge is 0.334 e. The first kappa shape index (κ1) is 16.2. The number of imidazole rings is 1. The molecule has 0 unspecified atom stereocenters. The summed E-state index contributed by atoms with van der Waals surface area (Å²) in [6.45, 7) is 8.15. The number of nitrogens with zero attached hydrogens (tertiary/aromatic N) is 4. The lowest BCUT2D eigenvalue weighted by Crippen LogP contribution is -2.42. The van der Waals surface area contributed by atoms with Gasteiger partial charge in [0.1, 0.15) is 0 Å². The molecule has 0 atom stereocenters. The monoisotopic (exact) mass is 322 g/mol. The highest BCUT2D eigenvalue weighted by Crippen LogP contribution is 2.26. The fourth-order valence-electron chi connectivity index (χ4n) is 3.11. The molecule has 0 N–H and O–H groups in total. The average Bonchev–Trinajstić information content (AvgIpc) is 2.98. The van der Waals surface area contributed by atoms with Gasteiger partial charge in [0.15, 0.2) is 5.65 Å². The Labute approximate surface area is 141 Å². The van der Waals surface area contributed by atoms with Crippen LogP contribution in [0, 0.1) is 0 Å². The van der Waals surface area contributed by atoms with Crippen LogP contribution in [-0.2, 0) is 0 Å². The Kier molecular flexibility index (Phi) is 4.34. The van der Waals surface area contributed by atoms with Crippen molar-refractivity contribution in [1.82, 2.24) is 19.5 Å². The van der Waals surface area contributed by atoms with Crippen molar-refractivity contribution in [1.29, 1.82) is 0 Å². The van der Waals surface area contributed by atoms with Gasteiger partial charge in [-0.15, -0.1) is 0 Å². The lowest BCUT2D eigenvalue weighted by atomic mass is 10.0. The molecule has 3 rings (SSSR count). The summed E-state index contributed by atoms with van der Waals surface area (Å²) in [5.74, 6) is 0.0291. The summed E-state index contributed by atoms with van der Waals surface area (Å²) in [5.41, 5.74) is 3.11. The van der Waals surface area contributed by atoms with E-state index in [0.29, 0.717) is 5.56 Å². The van der Waals surface area contributed by atoms with E-state index in [-0.39, 0.29) is 18.0 Å². The van der Waals surface area contributed by atoms with Gasteiger partial charge in [-0.1, -0.05) is 18.2 Å². The summed E-state index contributed by atoms with van der Waals surface area (Å²) in [4.78, 5) is 19.4. The summed E-state index contributed by atoms with van der Waals surface area (Å²) >= 11 is 0. The van der Waals surface area contributed by atoms with Gasteiger partial charge in [-0.2, -0.15) is 5.10 Å². The summed E-state index contributed by atoms with van der Waals surface area (Å²) in [5, 5.41) is 4.36. The minimum absolute atomic E-state index is 0.0291. The number of rotatable bonds is 4. The van der Waals surface area contributed by atoms with Crippen LogP contribution in [0.4, 0.5) is 0 Å². The molecule has 0 saturated heterocycles. The van der Waals surface area contributed by atoms with E-state index in [4.69, 9.17) is 0 Å². The molecule has 0 bridgehead atoms. The smallest absolute Gasteiger partial charge is 0.255 e. The highest BCUT2D eigenvalue weighted by molar-refractivity contribution is 6.00. The van der Waals surface area contributed by atoms with E-state index < -0.39 is 0 Å². The first-order valence-electron chi connectivity index (χ1n) is 8.21. The van der Waals surface area contributed by atoms with Crippen LogP contribution in [0.2, 0.25) is 0 Å². The lowest BCUT2D eigenvalue weighted by Gasteiger charge is -2.31. The fraction of sp³-hybridized carbons (Fsp3) is 0.316. The number of carbonyl (C=O) groups is 1. The predicted octanol–water partition coefficient (Wildman–Crippen LogP) is 3.66. The van der Waals surface area contributed by atoms with Crippen LogP contribution in [0.1, 0.15) is 38.1 Å². The average molecular weight is 322 g/mol. The Morgan fingerprint density at radius 1 is 1.04 bits per heavy atom. The zero-order valence-electron chi connectivity index (χ0n) is 14.5. The van der Waals surface area contributed by atoms with Gasteiger partial charge in [0, 0.05) is 29.4 Å². The number of carbonyl (C=O) groups excluding carboxylic acids is 1. The van der Waals surface area contributed by atoms with Crippen LogP contribution in [0.25, 0.3) is 16.9 Å². The maximum Gasteiger partial charge on any atom is 0.255 e. The molecule has 0 aliphatic carbocycles. The molecule has 2 aromatic heterocycles. The molecule has 2 heterocycles. The van der Waals surface area contributed by atoms with Crippen LogP contribution in [0.15, 0.2) is 48.8 Å². The van der Waals surface area contributed by atoms with E-state index in [1.54, 1.807) is 16.9 Å². The van der Waals surface area contributed by atoms with Gasteiger partial charge in [0.05, 0.1) is 11.9 Å². The van der Waals surface area contributed by atoms with Crippen molar-refractivity contribution in [3.63, 3.8) is 0 Å². The van der Waals surface area contributed by atoms with Crippen molar-refractivity contribution in [2.24, 2.45) is 0 Å². The third-order valence-electron chi connectivity index (χ3n) is 4.06. The SMILES string of the molecule is CC(C)N(C(=O)c1ccccc1-c1cnc2cccnn12)C(C)C. The van der Waals surface area contributed by atoms with Crippen molar-refractivity contribution in [2.45, 2.75) is 39.8 Å². The highest BCUT2D eigenvalue weighted by atomic mass is 16.2. The molecule has 0 aliphatic heterocycles. The van der Waals surface area contributed by atoms with E-state index in [1.165, 1.54) is 0 Å². The Hall–Kier alpha value is -2.69. The number of amides is 1. The van der Waals surface area contributed by atoms with Crippen molar-refractivity contribution in [3.8, 4) is 11.3 Å². The molecule has 5 nitrogen and oxygen atoms in total. The number of hydrogen-bond donors (Lipinski definition) is 0. The first-order chi connectivity index (χ1) is 11.5. The fourth-order valence-corrected chi connectivity index (χ4v) is 3.11. The molecule has 5 heteroatoms. The van der Waals surface area contributed by atoms with E-state index in [0.717, 1.165) is 16.9 Å². The summed E-state index contributed by atoms with van der Waals surface area (Å²) in [6.07, 6.45) is 3.49. The zero-order valence-corrected chi connectivity index (χ0v) is 14.5. The molecule has 1 amide bonds. The minimum Gasteiger partial charge on any atom is -0.334 e. The van der Waals surface area contributed by atoms with Crippen LogP contribution in [0.3, 0.4) is 0 Å². The quantitative estimate of drug-likeness (QED) is 0.736. The van der Waals surface area contributed by atoms with Crippen molar-refractivity contribution >= 4 is 11.6 Å². The Balaban J connectivity index is 2.14. The van der Waals surface area contributed by atoms with Crippen LogP contribution < -0.4 is 0 Å². The van der Waals surface area contributed by atoms with Gasteiger partial charge < -0.3 is 4.90 Å². The van der Waals surface area contributed by atoms with Crippen LogP contribution in [-0.4, -0.2) is 37.5 Å². The molecule has 0 fully saturated rings. The van der Waals surface area contributed by atoms with Gasteiger partial charge in [0.2, 0.25) is 0 Å². The molecule has 3 aromatic rings. The van der Waals surface area contributed by atoms with Crippen molar-refractivity contribution in [2.75, 3.05) is 0 Å². The second-order valence-corrected chi connectivity index (χ2v) is 6.38. The second-order valence-electron chi connectivity index (χ2n) is 6.38. The van der Waals surface area contributed by atoms with E-state index in [2.05, 4.69) is 10.1 Å². The van der Waals surface area contributed by atoms with E-state index in [1.807, 2.05) is 69.0 Å². The molecule has 0 saturated carbocycles. The topological polar surface area (TPSA) is 50.5 Å². The minimum atomic E-state index is 0.0291. The molecule has 0 spiro atoms. The lowest BCUT2D eigenvalue weighted by molar-refractivity contribution is 0.0644. The van der Waals surface area contributed by atoms with E-state index >= 15 is 0 Å². The van der Waals surface area contributed by atoms with Gasteiger partial charge in [-0.3, -0.25) is 4.79 Å². The molecule has 0 radical (unpaired) electrons. The molecule has 124 valence electrons. The Morgan fingerprint density at radius 2 is 1.75 bits per heavy atom. The summed E-state index contributed by atoms with van der Waals surface area (Å²) in [7, 11) is 0. The van der Waals surface area contributed by atoms with Crippen LogP contribution >= 0.6 is 0 Å². The van der Waals surface area contributed by atoms with Gasteiger partial charge in [-0.05, 0) is 45.9 Å². The maximum absolute atomic E-state index is 13.2. The van der Waals surface area contributed by atoms with Crippen molar-refractivity contribution < 1.29 is 4.79 Å². The standard InChI is InChI=1S/C19H22N4O/c1-13(2)22(14(3)4)19(24)16-9-6-5-8-15(16)17-12-20-18-10-7-11-21-23(17)18/h5-14H,1-4H3. The van der Waals surface area contributed by atoms with E-state index in [9.17, 15) is 4.79 Å². The third-order valence-corrected chi connectivity index (χ3v) is 4.06. The molecule has 1 aromatic carbocycles. The van der Waals surface area contributed by atoms with Gasteiger partial charge in [0.25, 0.3) is 5.91 Å².